The topological polar surface area (TPSA) is 58.6 Å². The molecule has 0 unspecified atom stereocenters. The molecule has 138 valence electrons. The number of nitrogens with zero attached hydrogens (tertiary/aromatic N) is 1. The van der Waals surface area contributed by atoms with Crippen molar-refractivity contribution >= 4 is 11.8 Å². The van der Waals surface area contributed by atoms with Gasteiger partial charge in [0.25, 0.3) is 0 Å². The molecule has 4 aliphatic rings. The van der Waals surface area contributed by atoms with Crippen LogP contribution in [0.25, 0.3) is 0 Å². The first-order chi connectivity index (χ1) is 12.5. The molecule has 2 amide bonds. The fraction of sp³-hybridized carbons (Fsp3) is 0.619. The fourth-order valence-electron chi connectivity index (χ4n) is 6.15. The van der Waals surface area contributed by atoms with Gasteiger partial charge >= 0.3 is 0 Å². The summed E-state index contributed by atoms with van der Waals surface area (Å²) in [7, 11) is 1.70. The second-order valence-electron chi connectivity index (χ2n) is 8.85. The van der Waals surface area contributed by atoms with E-state index >= 15 is 0 Å². The lowest BCUT2D eigenvalue weighted by atomic mass is 9.51. The molecule has 2 aliphatic carbocycles. The number of carbonyl (C=O) groups is 2. The maximum atomic E-state index is 13.7. The van der Waals surface area contributed by atoms with E-state index in [1.165, 1.54) is 11.1 Å². The third-order valence-electron chi connectivity index (χ3n) is 7.39. The Balaban J connectivity index is 1.65. The van der Waals surface area contributed by atoms with E-state index in [1.54, 1.807) is 7.11 Å². The summed E-state index contributed by atoms with van der Waals surface area (Å²) in [5.41, 5.74) is 2.02. The monoisotopic (exact) mass is 354 g/mol. The lowest BCUT2D eigenvalue weighted by Crippen LogP contribution is -2.61. The highest BCUT2D eigenvalue weighted by Gasteiger charge is 2.61. The second-order valence-corrected chi connectivity index (χ2v) is 8.85. The Hall–Kier alpha value is -2.04. The summed E-state index contributed by atoms with van der Waals surface area (Å²) in [4.78, 5) is 28.3. The van der Waals surface area contributed by atoms with Crippen LogP contribution >= 0.6 is 0 Å². The minimum absolute atomic E-state index is 0.0431. The molecule has 2 heterocycles. The summed E-state index contributed by atoms with van der Waals surface area (Å²) in [6.07, 6.45) is 5.10. The Morgan fingerprint density at radius 2 is 2.12 bits per heavy atom. The third-order valence-corrected chi connectivity index (χ3v) is 7.39. The SMILES string of the molecule is COc1ccc2c(c1)[C@]1(C)CC[C@H]3NC(=O)[C@H]4CCCN4C(=O)[C@@]3(C2)C1. The molecule has 0 radical (unpaired) electrons. The van der Waals surface area contributed by atoms with Crippen LogP contribution in [0, 0.1) is 5.41 Å². The number of benzene rings is 1. The third kappa shape index (κ3) is 1.97. The number of nitrogens with one attached hydrogen (secondary N) is 1. The predicted octanol–water partition coefficient (Wildman–Crippen LogP) is 2.17. The largest absolute Gasteiger partial charge is 0.497 e. The van der Waals surface area contributed by atoms with Crippen LogP contribution in [0.3, 0.4) is 0 Å². The molecule has 1 saturated carbocycles. The molecule has 5 nitrogen and oxygen atoms in total. The Morgan fingerprint density at radius 3 is 2.92 bits per heavy atom. The van der Waals surface area contributed by atoms with Crippen LogP contribution in [0.4, 0.5) is 0 Å². The number of methoxy groups -OCH3 is 1. The van der Waals surface area contributed by atoms with E-state index in [2.05, 4.69) is 24.4 Å². The molecule has 5 heteroatoms. The first-order valence-electron chi connectivity index (χ1n) is 9.76. The molecule has 3 fully saturated rings. The van der Waals surface area contributed by atoms with Crippen molar-refractivity contribution < 1.29 is 14.3 Å². The normalized spacial score (nSPS) is 38.0. The molecule has 5 rings (SSSR count). The molecule has 4 atom stereocenters. The highest BCUT2D eigenvalue weighted by Crippen LogP contribution is 2.56. The van der Waals surface area contributed by atoms with Crippen LogP contribution < -0.4 is 10.1 Å². The number of ether oxygens (including phenoxy) is 1. The summed E-state index contributed by atoms with van der Waals surface area (Å²) in [6.45, 7) is 3.00. The van der Waals surface area contributed by atoms with Crippen molar-refractivity contribution in [3.05, 3.63) is 29.3 Å². The molecule has 2 saturated heterocycles. The van der Waals surface area contributed by atoms with Gasteiger partial charge in [-0.15, -0.1) is 0 Å². The van der Waals surface area contributed by atoms with E-state index in [-0.39, 0.29) is 29.3 Å². The quantitative estimate of drug-likeness (QED) is 0.841. The van der Waals surface area contributed by atoms with Crippen LogP contribution in [-0.4, -0.2) is 42.5 Å². The average molecular weight is 354 g/mol. The Labute approximate surface area is 154 Å². The molecule has 1 aromatic carbocycles. The van der Waals surface area contributed by atoms with E-state index in [0.717, 1.165) is 50.8 Å². The first kappa shape index (κ1) is 16.2. The van der Waals surface area contributed by atoms with Crippen molar-refractivity contribution in [2.24, 2.45) is 5.41 Å². The van der Waals surface area contributed by atoms with Crippen molar-refractivity contribution in [1.29, 1.82) is 0 Å². The highest BCUT2D eigenvalue weighted by molar-refractivity contribution is 5.95. The average Bonchev–Trinajstić information content (AvgIpc) is 3.10. The van der Waals surface area contributed by atoms with Gasteiger partial charge in [-0.05, 0) is 67.2 Å². The van der Waals surface area contributed by atoms with E-state index < -0.39 is 5.41 Å². The Bertz CT molecular complexity index is 806. The lowest BCUT2D eigenvalue weighted by Gasteiger charge is -2.54. The molecular weight excluding hydrogens is 328 g/mol. The van der Waals surface area contributed by atoms with E-state index in [1.807, 2.05) is 11.0 Å². The Morgan fingerprint density at radius 1 is 1.27 bits per heavy atom. The van der Waals surface area contributed by atoms with Gasteiger partial charge < -0.3 is 15.0 Å². The van der Waals surface area contributed by atoms with Crippen LogP contribution in [0.15, 0.2) is 18.2 Å². The second kappa shape index (κ2) is 5.24. The van der Waals surface area contributed by atoms with Crippen molar-refractivity contribution in [3.63, 3.8) is 0 Å². The molecule has 26 heavy (non-hydrogen) atoms. The van der Waals surface area contributed by atoms with Gasteiger partial charge in [0, 0.05) is 12.6 Å². The maximum Gasteiger partial charge on any atom is 0.243 e. The molecular formula is C21H26N2O3. The molecule has 1 spiro atoms. The number of hydrogen-bond donors (Lipinski definition) is 1. The predicted molar refractivity (Wildman–Crippen MR) is 97.0 cm³/mol. The summed E-state index contributed by atoms with van der Waals surface area (Å²) >= 11 is 0. The first-order valence-corrected chi connectivity index (χ1v) is 9.76. The molecule has 2 bridgehead atoms. The van der Waals surface area contributed by atoms with Crippen LogP contribution in [0.1, 0.15) is 50.2 Å². The van der Waals surface area contributed by atoms with Crippen LogP contribution in [-0.2, 0) is 21.4 Å². The van der Waals surface area contributed by atoms with Crippen molar-refractivity contribution in [3.8, 4) is 5.75 Å². The molecule has 1 aromatic rings. The minimum atomic E-state index is -0.497. The number of hydrogen-bond acceptors (Lipinski definition) is 3. The van der Waals surface area contributed by atoms with Crippen molar-refractivity contribution in [1.82, 2.24) is 10.2 Å². The van der Waals surface area contributed by atoms with Gasteiger partial charge in [-0.2, -0.15) is 0 Å². The number of fused-ring (bicyclic) bond motifs is 4. The standard InChI is InChI=1S/C21H26N2O3/c1-20-8-7-17-21(12-20,11-13-5-6-14(26-2)10-15(13)20)19(25)23-9-3-4-16(23)18(24)22-17/h5-6,10,16-17H,3-4,7-9,11-12H2,1-2H3,(H,22,24)/t16-,17-,20-,21+/m1/s1. The summed E-state index contributed by atoms with van der Waals surface area (Å²) in [6, 6.07) is 5.97. The van der Waals surface area contributed by atoms with Crippen molar-refractivity contribution in [2.75, 3.05) is 13.7 Å². The zero-order valence-electron chi connectivity index (χ0n) is 15.5. The zero-order chi connectivity index (χ0) is 18.1. The smallest absolute Gasteiger partial charge is 0.243 e. The van der Waals surface area contributed by atoms with Crippen LogP contribution in [0.5, 0.6) is 5.75 Å². The summed E-state index contributed by atoms with van der Waals surface area (Å²) in [5, 5.41) is 3.27. The lowest BCUT2D eigenvalue weighted by molar-refractivity contribution is -0.147. The van der Waals surface area contributed by atoms with Gasteiger partial charge in [0.2, 0.25) is 11.8 Å². The van der Waals surface area contributed by atoms with E-state index in [0.29, 0.717) is 0 Å². The highest BCUT2D eigenvalue weighted by atomic mass is 16.5. The number of carbonyl (C=O) groups excluding carboxylic acids is 2. The van der Waals surface area contributed by atoms with Gasteiger partial charge in [-0.3, -0.25) is 9.59 Å². The summed E-state index contributed by atoms with van der Waals surface area (Å²) < 4.78 is 5.45. The number of amides is 2. The molecule has 0 aromatic heterocycles. The van der Waals surface area contributed by atoms with E-state index in [4.69, 9.17) is 4.74 Å². The maximum absolute atomic E-state index is 13.7. The van der Waals surface area contributed by atoms with Gasteiger partial charge in [-0.25, -0.2) is 0 Å². The van der Waals surface area contributed by atoms with Gasteiger partial charge in [0.15, 0.2) is 0 Å². The van der Waals surface area contributed by atoms with E-state index in [9.17, 15) is 9.59 Å². The molecule has 1 N–H and O–H groups in total. The molecule has 2 aliphatic heterocycles. The number of rotatable bonds is 1. The zero-order valence-corrected chi connectivity index (χ0v) is 15.5. The van der Waals surface area contributed by atoms with Gasteiger partial charge in [0.05, 0.1) is 12.5 Å². The summed E-state index contributed by atoms with van der Waals surface area (Å²) in [5.74, 6) is 1.14. The van der Waals surface area contributed by atoms with Gasteiger partial charge in [-0.1, -0.05) is 13.0 Å². The fourth-order valence-corrected chi connectivity index (χ4v) is 6.15. The van der Waals surface area contributed by atoms with Crippen LogP contribution in [0.2, 0.25) is 0 Å². The van der Waals surface area contributed by atoms with Crippen molar-refractivity contribution in [2.45, 2.75) is 62.9 Å². The minimum Gasteiger partial charge on any atom is -0.497 e. The Kier molecular flexibility index (Phi) is 3.26. The van der Waals surface area contributed by atoms with Gasteiger partial charge in [0.1, 0.15) is 11.8 Å².